The number of nitrogens with zero attached hydrogens (tertiary/aromatic N) is 3. The number of hydrogen-bond donors (Lipinski definition) is 2. The molecule has 2 N–H and O–H groups in total. The first-order chi connectivity index (χ1) is 15.6. The van der Waals surface area contributed by atoms with E-state index in [1.807, 2.05) is 7.05 Å². The molecule has 0 amide bonds. The third kappa shape index (κ3) is 6.15. The maximum absolute atomic E-state index is 8.32. The Labute approximate surface area is 202 Å². The van der Waals surface area contributed by atoms with Gasteiger partial charge >= 0.3 is 0 Å². The molecule has 0 radical (unpaired) electrons. The number of likely N-dealkylation sites (tertiary alicyclic amines) is 1. The lowest BCUT2D eigenvalue weighted by atomic mass is 9.99. The maximum atomic E-state index is 8.32. The van der Waals surface area contributed by atoms with E-state index in [1.165, 1.54) is 68.2 Å². The SMILES string of the molecule is CN(C(=N)SCC1=CC=CC1)C(=S)Nc1ccc(N2CCC(N3CCCCC3)CC2)cc1. The van der Waals surface area contributed by atoms with Gasteiger partial charge in [0.05, 0.1) is 0 Å². The number of rotatable bonds is 5. The van der Waals surface area contributed by atoms with Crippen molar-refractivity contribution in [3.63, 3.8) is 0 Å². The summed E-state index contributed by atoms with van der Waals surface area (Å²) in [4.78, 5) is 6.97. The highest BCUT2D eigenvalue weighted by atomic mass is 32.2. The van der Waals surface area contributed by atoms with Crippen LogP contribution in [0.3, 0.4) is 0 Å². The predicted molar refractivity (Wildman–Crippen MR) is 143 cm³/mol. The van der Waals surface area contributed by atoms with E-state index in [-0.39, 0.29) is 0 Å². The summed E-state index contributed by atoms with van der Waals surface area (Å²) in [5.41, 5.74) is 3.60. The average molecular weight is 470 g/mol. The van der Waals surface area contributed by atoms with Gasteiger partial charge in [-0.05, 0) is 81.7 Å². The van der Waals surface area contributed by atoms with Crippen molar-refractivity contribution in [2.24, 2.45) is 0 Å². The van der Waals surface area contributed by atoms with Gasteiger partial charge in [0, 0.05) is 43.3 Å². The van der Waals surface area contributed by atoms with Crippen LogP contribution in [0.4, 0.5) is 11.4 Å². The number of nitrogens with one attached hydrogen (secondary N) is 2. The van der Waals surface area contributed by atoms with Crippen LogP contribution < -0.4 is 10.2 Å². The molecule has 5 nitrogen and oxygen atoms in total. The Kier molecular flexibility index (Phi) is 8.27. The quantitative estimate of drug-likeness (QED) is 0.346. The summed E-state index contributed by atoms with van der Waals surface area (Å²) in [5.74, 6) is 0.835. The molecule has 172 valence electrons. The second-order valence-electron chi connectivity index (χ2n) is 8.90. The standard InChI is InChI=1S/C25H35N5S2/c1-28(24(26)32-19-20-7-3-4-8-20)25(31)27-21-9-11-22(12-10-21)30-17-13-23(14-18-30)29-15-5-2-6-16-29/h3-4,7,9-12,23,26H,2,5-6,8,13-19H2,1H3,(H,27,31). The van der Waals surface area contributed by atoms with E-state index in [1.54, 1.807) is 4.90 Å². The molecular weight excluding hydrogens is 434 g/mol. The molecule has 3 aliphatic rings. The van der Waals surface area contributed by atoms with Crippen LogP contribution in [0.2, 0.25) is 0 Å². The van der Waals surface area contributed by atoms with E-state index in [9.17, 15) is 0 Å². The highest BCUT2D eigenvalue weighted by Crippen LogP contribution is 2.26. The zero-order chi connectivity index (χ0) is 22.3. The summed E-state index contributed by atoms with van der Waals surface area (Å²) >= 11 is 7.05. The molecule has 4 rings (SSSR count). The smallest absolute Gasteiger partial charge is 0.179 e. The molecule has 1 aromatic carbocycles. The number of thioether (sulfide) groups is 1. The van der Waals surface area contributed by atoms with Crippen molar-refractivity contribution in [3.8, 4) is 0 Å². The molecule has 32 heavy (non-hydrogen) atoms. The van der Waals surface area contributed by atoms with Crippen molar-refractivity contribution in [1.29, 1.82) is 5.41 Å². The molecule has 0 bridgehead atoms. The minimum Gasteiger partial charge on any atom is -0.371 e. The largest absolute Gasteiger partial charge is 0.371 e. The van der Waals surface area contributed by atoms with Crippen LogP contribution in [0.15, 0.2) is 48.1 Å². The van der Waals surface area contributed by atoms with Crippen molar-refractivity contribution in [2.75, 3.05) is 49.2 Å². The number of thiocarbonyl (C=S) groups is 1. The number of benzene rings is 1. The third-order valence-corrected chi connectivity index (χ3v) is 8.15. The first-order valence-corrected chi connectivity index (χ1v) is 13.2. The highest BCUT2D eigenvalue weighted by Gasteiger charge is 2.25. The summed E-state index contributed by atoms with van der Waals surface area (Å²) in [7, 11) is 1.85. The molecule has 0 spiro atoms. The minimum absolute atomic E-state index is 0.462. The fourth-order valence-electron chi connectivity index (χ4n) is 4.68. The number of amidine groups is 1. The van der Waals surface area contributed by atoms with Gasteiger partial charge in [-0.2, -0.15) is 0 Å². The zero-order valence-electron chi connectivity index (χ0n) is 19.1. The second kappa shape index (κ2) is 11.3. The van der Waals surface area contributed by atoms with E-state index in [2.05, 4.69) is 57.6 Å². The Hall–Kier alpha value is -1.83. The lowest BCUT2D eigenvalue weighted by molar-refractivity contribution is 0.141. The molecule has 2 aliphatic heterocycles. The lowest BCUT2D eigenvalue weighted by Crippen LogP contribution is -2.46. The Morgan fingerprint density at radius 3 is 2.50 bits per heavy atom. The summed E-state index contributed by atoms with van der Waals surface area (Å²) in [6, 6.07) is 9.34. The fourth-order valence-corrected chi connectivity index (χ4v) is 5.77. The molecule has 7 heteroatoms. The Bertz CT molecular complexity index is 850. The van der Waals surface area contributed by atoms with Gasteiger partial charge in [-0.15, -0.1) is 0 Å². The van der Waals surface area contributed by atoms with Gasteiger partial charge in [0.2, 0.25) is 0 Å². The van der Waals surface area contributed by atoms with Crippen molar-refractivity contribution in [1.82, 2.24) is 9.80 Å². The van der Waals surface area contributed by atoms with E-state index in [4.69, 9.17) is 17.6 Å². The number of piperidine rings is 2. The van der Waals surface area contributed by atoms with Gasteiger partial charge in [-0.1, -0.05) is 42.0 Å². The molecule has 0 unspecified atom stereocenters. The topological polar surface area (TPSA) is 45.6 Å². The molecule has 1 aliphatic carbocycles. The zero-order valence-corrected chi connectivity index (χ0v) is 20.7. The average Bonchev–Trinajstić information content (AvgIpc) is 3.37. The molecule has 0 aromatic heterocycles. The molecule has 1 aromatic rings. The van der Waals surface area contributed by atoms with Crippen LogP contribution in [0.1, 0.15) is 38.5 Å². The van der Waals surface area contributed by atoms with Crippen LogP contribution in [0, 0.1) is 5.41 Å². The van der Waals surface area contributed by atoms with Gasteiger partial charge in [-0.25, -0.2) is 0 Å². The van der Waals surface area contributed by atoms with Crippen LogP contribution >= 0.6 is 24.0 Å². The van der Waals surface area contributed by atoms with Gasteiger partial charge < -0.3 is 20.0 Å². The summed E-state index contributed by atoms with van der Waals surface area (Å²) < 4.78 is 0. The van der Waals surface area contributed by atoms with Gasteiger partial charge in [0.25, 0.3) is 0 Å². The van der Waals surface area contributed by atoms with Crippen LogP contribution in [0.5, 0.6) is 0 Å². The van der Waals surface area contributed by atoms with E-state index in [0.717, 1.165) is 37.0 Å². The van der Waals surface area contributed by atoms with Crippen molar-refractivity contribution in [2.45, 2.75) is 44.6 Å². The van der Waals surface area contributed by atoms with E-state index < -0.39 is 0 Å². The maximum Gasteiger partial charge on any atom is 0.179 e. The predicted octanol–water partition coefficient (Wildman–Crippen LogP) is 5.32. The van der Waals surface area contributed by atoms with Crippen LogP contribution in [0.25, 0.3) is 0 Å². The van der Waals surface area contributed by atoms with Gasteiger partial charge in [-0.3, -0.25) is 5.41 Å². The molecule has 2 heterocycles. The van der Waals surface area contributed by atoms with Gasteiger partial charge in [0.1, 0.15) is 0 Å². The van der Waals surface area contributed by atoms with Gasteiger partial charge in [0.15, 0.2) is 10.3 Å². The van der Waals surface area contributed by atoms with Crippen molar-refractivity contribution < 1.29 is 0 Å². The van der Waals surface area contributed by atoms with Crippen LogP contribution in [-0.2, 0) is 0 Å². The Balaban J connectivity index is 1.22. The first-order valence-electron chi connectivity index (χ1n) is 11.8. The Morgan fingerprint density at radius 2 is 1.84 bits per heavy atom. The fraction of sp³-hybridized carbons (Fsp3) is 0.520. The summed E-state index contributed by atoms with van der Waals surface area (Å²) in [6.07, 6.45) is 14.0. The summed E-state index contributed by atoms with van der Waals surface area (Å²) in [6.45, 7) is 4.86. The highest BCUT2D eigenvalue weighted by molar-refractivity contribution is 8.13. The third-order valence-electron chi connectivity index (χ3n) is 6.71. The molecule has 2 saturated heterocycles. The van der Waals surface area contributed by atoms with E-state index in [0.29, 0.717) is 10.3 Å². The Morgan fingerprint density at radius 1 is 1.12 bits per heavy atom. The van der Waals surface area contributed by atoms with Crippen molar-refractivity contribution in [3.05, 3.63) is 48.1 Å². The van der Waals surface area contributed by atoms with Crippen molar-refractivity contribution >= 4 is 45.6 Å². The number of allylic oxidation sites excluding steroid dienone is 3. The monoisotopic (exact) mass is 469 g/mol. The molecule has 0 atom stereocenters. The first kappa shape index (κ1) is 23.3. The molecule has 2 fully saturated rings. The lowest BCUT2D eigenvalue weighted by Gasteiger charge is -2.41. The number of anilines is 2. The van der Waals surface area contributed by atoms with Crippen LogP contribution in [-0.4, -0.2) is 65.1 Å². The van der Waals surface area contributed by atoms with E-state index >= 15 is 0 Å². The number of hydrogen-bond acceptors (Lipinski definition) is 5. The molecular formula is C25H35N5S2. The normalized spacial score (nSPS) is 19.7. The summed E-state index contributed by atoms with van der Waals surface area (Å²) in [5, 5.41) is 12.6. The second-order valence-corrected chi connectivity index (χ2v) is 10.3. The minimum atomic E-state index is 0.462. The molecule has 0 saturated carbocycles.